The second-order valence-corrected chi connectivity index (χ2v) is 6.22. The molecule has 2 aromatic rings. The van der Waals surface area contributed by atoms with Gasteiger partial charge in [-0.1, -0.05) is 31.9 Å². The molecule has 0 aromatic carbocycles. The molecule has 6 heteroatoms. The molecule has 2 aromatic heterocycles. The first-order valence-electron chi connectivity index (χ1n) is 6.65. The minimum atomic E-state index is -0.452. The lowest BCUT2D eigenvalue weighted by molar-refractivity contribution is 0.687. The van der Waals surface area contributed by atoms with Gasteiger partial charge in [-0.15, -0.1) is 11.3 Å². The zero-order valence-electron chi connectivity index (χ0n) is 11.5. The number of nitrogens with one attached hydrogen (secondary N) is 1. The number of aryl methyl sites for hydroxylation is 1. The molecule has 0 aliphatic rings. The van der Waals surface area contributed by atoms with E-state index in [4.69, 9.17) is 11.6 Å². The molecule has 0 amide bonds. The van der Waals surface area contributed by atoms with Crippen molar-refractivity contribution >= 4 is 22.9 Å². The summed E-state index contributed by atoms with van der Waals surface area (Å²) in [5.41, 5.74) is -0.251. The molecule has 20 heavy (non-hydrogen) atoms. The number of rotatable bonds is 5. The van der Waals surface area contributed by atoms with Gasteiger partial charge in [0.2, 0.25) is 0 Å². The second kappa shape index (κ2) is 6.41. The van der Waals surface area contributed by atoms with E-state index in [9.17, 15) is 9.59 Å². The molecule has 0 radical (unpaired) electrons. The van der Waals surface area contributed by atoms with Crippen LogP contribution in [0.3, 0.4) is 0 Å². The number of nitrogens with zero attached hydrogens (tertiary/aromatic N) is 1. The first-order valence-corrected chi connectivity index (χ1v) is 7.85. The lowest BCUT2D eigenvalue weighted by Crippen LogP contribution is -2.37. The van der Waals surface area contributed by atoms with Crippen molar-refractivity contribution in [3.8, 4) is 0 Å². The summed E-state index contributed by atoms with van der Waals surface area (Å²) < 4.78 is 1.22. The molecule has 4 nitrogen and oxygen atoms in total. The lowest BCUT2D eigenvalue weighted by atomic mass is 10.2. The van der Waals surface area contributed by atoms with Crippen LogP contribution < -0.4 is 11.2 Å². The van der Waals surface area contributed by atoms with Gasteiger partial charge in [0.05, 0.1) is 12.1 Å². The highest BCUT2D eigenvalue weighted by molar-refractivity contribution is 7.11. The molecule has 108 valence electrons. The molecule has 0 aliphatic heterocycles. The standard InChI is InChI=1S/C14H17ClN2O2S/c1-3-5-11-12(15)16-14(19)17(13(11)18)8-10-7-6-9(4-2)20-10/h6-7H,3-5,8H2,1-2H3,(H,16,19). The molecule has 0 saturated carbocycles. The molecule has 0 spiro atoms. The SMILES string of the molecule is CCCc1c(Cl)[nH]c(=O)n(Cc2ccc(CC)s2)c1=O. The summed E-state index contributed by atoms with van der Waals surface area (Å²) in [7, 11) is 0. The maximum absolute atomic E-state index is 12.3. The van der Waals surface area contributed by atoms with Crippen molar-refractivity contribution in [2.45, 2.75) is 39.7 Å². The molecule has 0 aliphatic carbocycles. The lowest BCUT2D eigenvalue weighted by Gasteiger charge is -2.07. The average molecular weight is 313 g/mol. The predicted molar refractivity (Wildman–Crippen MR) is 83.1 cm³/mol. The Balaban J connectivity index is 2.43. The third-order valence-corrected chi connectivity index (χ3v) is 4.65. The number of hydrogen-bond acceptors (Lipinski definition) is 3. The molecule has 0 fully saturated rings. The normalized spacial score (nSPS) is 10.9. The van der Waals surface area contributed by atoms with E-state index in [1.165, 1.54) is 9.44 Å². The zero-order valence-corrected chi connectivity index (χ0v) is 13.1. The number of aromatic nitrogens is 2. The van der Waals surface area contributed by atoms with Gasteiger partial charge >= 0.3 is 5.69 Å². The van der Waals surface area contributed by atoms with Gasteiger partial charge in [-0.3, -0.25) is 14.3 Å². The zero-order chi connectivity index (χ0) is 14.7. The maximum Gasteiger partial charge on any atom is 0.329 e. The summed E-state index contributed by atoms with van der Waals surface area (Å²) in [5.74, 6) is 0. The summed E-state index contributed by atoms with van der Waals surface area (Å²) in [4.78, 5) is 29.1. The first kappa shape index (κ1) is 15.1. The Morgan fingerprint density at radius 2 is 1.95 bits per heavy atom. The van der Waals surface area contributed by atoms with Gasteiger partial charge in [-0.2, -0.15) is 0 Å². The van der Waals surface area contributed by atoms with Crippen LogP contribution in [0.1, 0.15) is 35.6 Å². The van der Waals surface area contributed by atoms with Crippen LogP contribution in [0.25, 0.3) is 0 Å². The molecule has 0 bridgehead atoms. The van der Waals surface area contributed by atoms with E-state index in [0.717, 1.165) is 17.7 Å². The Labute approximate surface area is 126 Å². The van der Waals surface area contributed by atoms with Gasteiger partial charge in [-0.25, -0.2) is 4.79 Å². The number of halogens is 1. The topological polar surface area (TPSA) is 54.9 Å². The Morgan fingerprint density at radius 3 is 2.55 bits per heavy atom. The summed E-state index contributed by atoms with van der Waals surface area (Å²) >= 11 is 7.57. The van der Waals surface area contributed by atoms with Crippen LogP contribution in [-0.2, 0) is 19.4 Å². The molecule has 0 atom stereocenters. The summed E-state index contributed by atoms with van der Waals surface area (Å²) in [6.45, 7) is 4.35. The highest BCUT2D eigenvalue weighted by Gasteiger charge is 2.13. The Kier molecular flexibility index (Phi) is 4.83. The minimum absolute atomic E-state index is 0.165. The van der Waals surface area contributed by atoms with E-state index in [1.807, 2.05) is 19.1 Å². The van der Waals surface area contributed by atoms with E-state index in [0.29, 0.717) is 18.5 Å². The van der Waals surface area contributed by atoms with E-state index < -0.39 is 5.69 Å². The van der Waals surface area contributed by atoms with Crippen LogP contribution in [0.4, 0.5) is 0 Å². The third kappa shape index (κ3) is 3.04. The fourth-order valence-electron chi connectivity index (χ4n) is 2.05. The number of aromatic amines is 1. The largest absolute Gasteiger partial charge is 0.329 e. The quantitative estimate of drug-likeness (QED) is 0.863. The van der Waals surface area contributed by atoms with E-state index in [-0.39, 0.29) is 10.7 Å². The van der Waals surface area contributed by atoms with Gasteiger partial charge in [0.25, 0.3) is 5.56 Å². The molecule has 0 saturated heterocycles. The van der Waals surface area contributed by atoms with Crippen LogP contribution in [0.2, 0.25) is 5.15 Å². The number of H-pyrrole nitrogens is 1. The van der Waals surface area contributed by atoms with Crippen LogP contribution in [0, 0.1) is 0 Å². The molecule has 1 N–H and O–H groups in total. The monoisotopic (exact) mass is 312 g/mol. The molecular weight excluding hydrogens is 296 g/mol. The first-order chi connectivity index (χ1) is 9.56. The van der Waals surface area contributed by atoms with E-state index in [1.54, 1.807) is 11.3 Å². The van der Waals surface area contributed by atoms with Crippen molar-refractivity contribution < 1.29 is 0 Å². The smallest absolute Gasteiger partial charge is 0.297 e. The van der Waals surface area contributed by atoms with Crippen molar-refractivity contribution in [2.75, 3.05) is 0 Å². The molecule has 2 rings (SSSR count). The van der Waals surface area contributed by atoms with Crippen LogP contribution in [0.15, 0.2) is 21.7 Å². The Morgan fingerprint density at radius 1 is 1.25 bits per heavy atom. The van der Waals surface area contributed by atoms with Gasteiger partial charge in [-0.05, 0) is 25.0 Å². The van der Waals surface area contributed by atoms with Crippen molar-refractivity contribution in [1.82, 2.24) is 9.55 Å². The van der Waals surface area contributed by atoms with Gasteiger partial charge in [0.15, 0.2) is 0 Å². The summed E-state index contributed by atoms with van der Waals surface area (Å²) in [5, 5.41) is 0.165. The van der Waals surface area contributed by atoms with Crippen LogP contribution in [0.5, 0.6) is 0 Å². The van der Waals surface area contributed by atoms with Crippen molar-refractivity contribution in [3.63, 3.8) is 0 Å². The number of thiophene rings is 1. The predicted octanol–water partition coefficient (Wildman–Crippen LogP) is 2.81. The molecule has 0 unspecified atom stereocenters. The minimum Gasteiger partial charge on any atom is -0.297 e. The third-order valence-electron chi connectivity index (χ3n) is 3.11. The molecule has 2 heterocycles. The summed E-state index contributed by atoms with van der Waals surface area (Å²) in [6, 6.07) is 3.99. The van der Waals surface area contributed by atoms with Gasteiger partial charge in [0, 0.05) is 9.75 Å². The highest BCUT2D eigenvalue weighted by Crippen LogP contribution is 2.17. The summed E-state index contributed by atoms with van der Waals surface area (Å²) in [6.07, 6.45) is 2.33. The second-order valence-electron chi connectivity index (χ2n) is 4.59. The fourth-order valence-corrected chi connectivity index (χ4v) is 3.25. The van der Waals surface area contributed by atoms with Crippen molar-refractivity contribution in [1.29, 1.82) is 0 Å². The van der Waals surface area contributed by atoms with E-state index in [2.05, 4.69) is 11.9 Å². The van der Waals surface area contributed by atoms with Gasteiger partial charge in [0.1, 0.15) is 5.15 Å². The highest BCUT2D eigenvalue weighted by atomic mass is 35.5. The van der Waals surface area contributed by atoms with E-state index >= 15 is 0 Å². The Bertz CT molecular complexity index is 715. The van der Waals surface area contributed by atoms with Crippen molar-refractivity contribution in [2.24, 2.45) is 0 Å². The average Bonchev–Trinajstić information content (AvgIpc) is 2.87. The van der Waals surface area contributed by atoms with Crippen LogP contribution >= 0.6 is 22.9 Å². The van der Waals surface area contributed by atoms with Gasteiger partial charge < -0.3 is 0 Å². The Hall–Kier alpha value is -1.33. The number of hydrogen-bond donors (Lipinski definition) is 1. The van der Waals surface area contributed by atoms with Crippen LogP contribution in [-0.4, -0.2) is 9.55 Å². The fraction of sp³-hybridized carbons (Fsp3) is 0.429. The molecular formula is C14H17ClN2O2S. The maximum atomic E-state index is 12.3. The van der Waals surface area contributed by atoms with Crippen molar-refractivity contribution in [3.05, 3.63) is 53.4 Å².